The van der Waals surface area contributed by atoms with Crippen LogP contribution in [-0.4, -0.2) is 18.0 Å². The van der Waals surface area contributed by atoms with Crippen molar-refractivity contribution in [3.8, 4) is 5.75 Å². The van der Waals surface area contributed by atoms with Crippen LogP contribution in [0.4, 0.5) is 5.69 Å². The molecular weight excluding hydrogens is 396 g/mol. The second-order valence-corrected chi connectivity index (χ2v) is 7.30. The van der Waals surface area contributed by atoms with Crippen molar-refractivity contribution in [1.82, 2.24) is 0 Å². The Morgan fingerprint density at radius 3 is 2.72 bits per heavy atom. The van der Waals surface area contributed by atoms with Crippen LogP contribution in [0.25, 0.3) is 10.1 Å². The summed E-state index contributed by atoms with van der Waals surface area (Å²) in [5.74, 6) is -1.70. The Balaban J connectivity index is 2.07. The number of nitro groups is 1. The second-order valence-electron chi connectivity index (χ2n) is 6.29. The first-order chi connectivity index (χ1) is 13.9. The number of carbonyl (C=O) groups is 1. The van der Waals surface area contributed by atoms with Gasteiger partial charge in [0.05, 0.1) is 23.5 Å². The molecule has 1 aromatic heterocycles. The molecule has 0 aliphatic carbocycles. The van der Waals surface area contributed by atoms with Crippen molar-refractivity contribution in [2.24, 2.45) is 5.73 Å². The van der Waals surface area contributed by atoms with Gasteiger partial charge in [0.1, 0.15) is 11.3 Å². The molecule has 3 aromatic rings. The predicted octanol–water partition coefficient (Wildman–Crippen LogP) is 3.04. The molecular formula is C20H14N2O6S. The molecule has 2 N–H and O–H groups in total. The van der Waals surface area contributed by atoms with E-state index in [1.54, 1.807) is 30.3 Å². The number of methoxy groups -OCH3 is 1. The molecule has 0 unspecified atom stereocenters. The van der Waals surface area contributed by atoms with Crippen molar-refractivity contribution in [3.63, 3.8) is 0 Å². The highest BCUT2D eigenvalue weighted by atomic mass is 32.1. The van der Waals surface area contributed by atoms with Gasteiger partial charge in [0.15, 0.2) is 0 Å². The summed E-state index contributed by atoms with van der Waals surface area (Å²) in [5.41, 5.74) is 6.39. The fourth-order valence-electron chi connectivity index (χ4n) is 3.43. The molecule has 0 saturated heterocycles. The smallest absolute Gasteiger partial charge is 0.340 e. The van der Waals surface area contributed by atoms with Crippen LogP contribution in [0.5, 0.6) is 5.75 Å². The number of fused-ring (bicyclic) bond motifs is 3. The molecule has 0 bridgehead atoms. The zero-order valence-corrected chi connectivity index (χ0v) is 15.9. The largest absolute Gasteiger partial charge is 0.465 e. The summed E-state index contributed by atoms with van der Waals surface area (Å²) in [4.78, 5) is 36.2. The molecule has 1 aliphatic heterocycles. The zero-order valence-electron chi connectivity index (χ0n) is 15.1. The van der Waals surface area contributed by atoms with E-state index < -0.39 is 16.8 Å². The van der Waals surface area contributed by atoms with E-state index >= 15 is 0 Å². The lowest BCUT2D eigenvalue weighted by atomic mass is 9.83. The van der Waals surface area contributed by atoms with Gasteiger partial charge in [0.25, 0.3) is 5.69 Å². The average molecular weight is 410 g/mol. The van der Waals surface area contributed by atoms with Crippen LogP contribution < -0.4 is 15.2 Å². The third kappa shape index (κ3) is 3.01. The quantitative estimate of drug-likeness (QED) is 0.400. The number of carbonyl (C=O) groups excluding carboxylic acids is 1. The van der Waals surface area contributed by atoms with Crippen LogP contribution in [0.15, 0.2) is 64.8 Å². The molecule has 0 fully saturated rings. The standard InChI is InChI=1S/C20H14N2O6S/c1-27-19(23)16-14(10-5-4-6-11(9-10)22(25)26)15-17(28-18(16)21)12-7-2-3-8-13(12)29-20(15)24/h2-9,14H,21H2,1H3/t14-/m0/s1. The van der Waals surface area contributed by atoms with Gasteiger partial charge in [-0.1, -0.05) is 35.6 Å². The van der Waals surface area contributed by atoms with Crippen LogP contribution >= 0.6 is 11.3 Å². The van der Waals surface area contributed by atoms with Crippen molar-refractivity contribution < 1.29 is 19.2 Å². The Bertz CT molecular complexity index is 1260. The third-order valence-corrected chi connectivity index (χ3v) is 5.65. The molecule has 8 nitrogen and oxygen atoms in total. The normalized spacial score (nSPS) is 15.6. The topological polar surface area (TPSA) is 122 Å². The Kier molecular flexibility index (Phi) is 4.51. The molecule has 1 aliphatic rings. The fourth-order valence-corrected chi connectivity index (χ4v) is 4.36. The van der Waals surface area contributed by atoms with Gasteiger partial charge in [0.2, 0.25) is 10.6 Å². The Labute approximate surface area is 167 Å². The summed E-state index contributed by atoms with van der Waals surface area (Å²) < 4.78 is 10.9. The lowest BCUT2D eigenvalue weighted by Crippen LogP contribution is -2.30. The molecule has 0 radical (unpaired) electrons. The summed E-state index contributed by atoms with van der Waals surface area (Å²) in [5, 5.41) is 11.9. The number of nitrogens with zero attached hydrogens (tertiary/aromatic N) is 1. The molecule has 146 valence electrons. The third-order valence-electron chi connectivity index (χ3n) is 4.67. The predicted molar refractivity (Wildman–Crippen MR) is 107 cm³/mol. The minimum atomic E-state index is -0.959. The summed E-state index contributed by atoms with van der Waals surface area (Å²) in [6.45, 7) is 0. The van der Waals surface area contributed by atoms with Crippen LogP contribution in [-0.2, 0) is 9.53 Å². The number of non-ortho nitro benzene ring substituents is 1. The Hall–Kier alpha value is -3.72. The molecule has 1 atom stereocenters. The van der Waals surface area contributed by atoms with Crippen molar-refractivity contribution >= 4 is 33.1 Å². The minimum absolute atomic E-state index is 0.0694. The number of nitro benzene ring substituents is 1. The zero-order chi connectivity index (χ0) is 20.7. The Morgan fingerprint density at radius 2 is 2.00 bits per heavy atom. The van der Waals surface area contributed by atoms with Crippen molar-refractivity contribution in [1.29, 1.82) is 0 Å². The van der Waals surface area contributed by atoms with Crippen LogP contribution in [0.1, 0.15) is 17.0 Å². The summed E-state index contributed by atoms with van der Waals surface area (Å²) in [6, 6.07) is 12.9. The van der Waals surface area contributed by atoms with Gasteiger partial charge in [-0.3, -0.25) is 14.9 Å². The average Bonchev–Trinajstić information content (AvgIpc) is 2.72. The highest BCUT2D eigenvalue weighted by Gasteiger charge is 2.38. The van der Waals surface area contributed by atoms with Crippen molar-refractivity contribution in [2.45, 2.75) is 5.92 Å². The molecule has 2 heterocycles. The maximum atomic E-state index is 13.0. The van der Waals surface area contributed by atoms with Crippen molar-refractivity contribution in [3.05, 3.63) is 90.8 Å². The van der Waals surface area contributed by atoms with Gasteiger partial charge in [-0.15, -0.1) is 0 Å². The number of hydrogen-bond acceptors (Lipinski definition) is 8. The van der Waals surface area contributed by atoms with Gasteiger partial charge >= 0.3 is 5.97 Å². The molecule has 0 saturated carbocycles. The van der Waals surface area contributed by atoms with E-state index in [-0.39, 0.29) is 33.2 Å². The lowest BCUT2D eigenvalue weighted by Gasteiger charge is -2.28. The maximum absolute atomic E-state index is 13.0. The van der Waals surface area contributed by atoms with Gasteiger partial charge in [0, 0.05) is 22.2 Å². The van der Waals surface area contributed by atoms with Gasteiger partial charge in [-0.05, 0) is 17.7 Å². The first-order valence-electron chi connectivity index (χ1n) is 8.48. The Morgan fingerprint density at radius 1 is 1.24 bits per heavy atom. The second kappa shape index (κ2) is 7.02. The van der Waals surface area contributed by atoms with Gasteiger partial charge in [-0.25, -0.2) is 4.79 Å². The molecule has 9 heteroatoms. The van der Waals surface area contributed by atoms with E-state index in [0.717, 1.165) is 11.3 Å². The van der Waals surface area contributed by atoms with E-state index in [1.807, 2.05) is 0 Å². The number of hydrogen-bond donors (Lipinski definition) is 1. The molecule has 29 heavy (non-hydrogen) atoms. The van der Waals surface area contributed by atoms with E-state index in [2.05, 4.69) is 0 Å². The molecule has 0 spiro atoms. The molecule has 0 amide bonds. The number of ether oxygens (including phenoxy) is 2. The molecule has 2 aromatic carbocycles. The van der Waals surface area contributed by atoms with Crippen LogP contribution in [0, 0.1) is 10.1 Å². The fraction of sp³-hybridized carbons (Fsp3) is 0.100. The van der Waals surface area contributed by atoms with E-state index in [9.17, 15) is 19.7 Å². The summed E-state index contributed by atoms with van der Waals surface area (Å²) in [6.07, 6.45) is 0. The first-order valence-corrected chi connectivity index (χ1v) is 9.30. The summed E-state index contributed by atoms with van der Waals surface area (Å²) >= 11 is 1.00. The van der Waals surface area contributed by atoms with Crippen molar-refractivity contribution in [2.75, 3.05) is 7.11 Å². The SMILES string of the molecule is COC(=O)C1=C(N)Oc2c(c(=O)sc3ccccc23)[C@@H]1c1cccc([N+](=O)[O-])c1. The van der Waals surface area contributed by atoms with Gasteiger partial charge < -0.3 is 15.2 Å². The van der Waals surface area contributed by atoms with E-state index in [4.69, 9.17) is 15.2 Å². The van der Waals surface area contributed by atoms with Crippen LogP contribution in [0.2, 0.25) is 0 Å². The monoisotopic (exact) mass is 410 g/mol. The number of nitrogens with two attached hydrogens (primary N) is 1. The van der Waals surface area contributed by atoms with E-state index in [1.165, 1.54) is 25.3 Å². The summed E-state index contributed by atoms with van der Waals surface area (Å²) in [7, 11) is 1.18. The van der Waals surface area contributed by atoms with Gasteiger partial charge in [-0.2, -0.15) is 0 Å². The highest BCUT2D eigenvalue weighted by molar-refractivity contribution is 7.16. The minimum Gasteiger partial charge on any atom is -0.465 e. The van der Waals surface area contributed by atoms with Crippen LogP contribution in [0.3, 0.4) is 0 Å². The number of esters is 1. The number of rotatable bonds is 3. The first kappa shape index (κ1) is 18.6. The van der Waals surface area contributed by atoms with E-state index in [0.29, 0.717) is 15.6 Å². The maximum Gasteiger partial charge on any atom is 0.340 e. The number of benzene rings is 2. The highest BCUT2D eigenvalue weighted by Crippen LogP contribution is 2.45. The molecule has 4 rings (SSSR count). The lowest BCUT2D eigenvalue weighted by molar-refractivity contribution is -0.384.